The summed E-state index contributed by atoms with van der Waals surface area (Å²) in [7, 11) is 1.89. The first-order valence-corrected chi connectivity index (χ1v) is 10.7. The molecule has 0 spiro atoms. The van der Waals surface area contributed by atoms with Crippen LogP contribution in [0.4, 0.5) is 5.82 Å². The third kappa shape index (κ3) is 5.41. The number of allylic oxidation sites excluding steroid dienone is 2. The average Bonchev–Trinajstić information content (AvgIpc) is 2.72. The summed E-state index contributed by atoms with van der Waals surface area (Å²) in [5, 5.41) is 12.6. The minimum atomic E-state index is 0.209. The average molecular weight is 397 g/mol. The van der Waals surface area contributed by atoms with Crippen molar-refractivity contribution in [2.45, 2.75) is 66.7 Å². The van der Waals surface area contributed by atoms with E-state index in [4.69, 9.17) is 15.0 Å². The fourth-order valence-corrected chi connectivity index (χ4v) is 3.50. The van der Waals surface area contributed by atoms with Crippen LogP contribution in [0.15, 0.2) is 18.2 Å². The number of nitrogens with zero attached hydrogens (tertiary/aromatic N) is 3. The smallest absolute Gasteiger partial charge is 0.135 e. The van der Waals surface area contributed by atoms with Crippen molar-refractivity contribution in [2.24, 2.45) is 5.92 Å². The maximum atomic E-state index is 9.38. The van der Waals surface area contributed by atoms with Crippen LogP contribution in [0.1, 0.15) is 76.2 Å². The molecule has 5 heteroatoms. The summed E-state index contributed by atoms with van der Waals surface area (Å²) in [5.41, 5.74) is 6.88. The van der Waals surface area contributed by atoms with Crippen LogP contribution in [0, 0.1) is 12.8 Å². The maximum absolute atomic E-state index is 9.38. The number of hydrogen-bond acceptors (Lipinski definition) is 5. The highest BCUT2D eigenvalue weighted by Gasteiger charge is 2.19. The summed E-state index contributed by atoms with van der Waals surface area (Å²) in [6, 6.07) is 4.17. The Morgan fingerprint density at radius 3 is 2.48 bits per heavy atom. The Balaban J connectivity index is 2.60. The number of aliphatic hydroxyl groups is 1. The first kappa shape index (κ1) is 23.0. The lowest BCUT2D eigenvalue weighted by Crippen LogP contribution is -2.12. The summed E-state index contributed by atoms with van der Waals surface area (Å²) in [4.78, 5) is 14.8. The molecule has 158 valence electrons. The van der Waals surface area contributed by atoms with Crippen molar-refractivity contribution < 1.29 is 5.11 Å². The lowest BCUT2D eigenvalue weighted by atomic mass is 9.94. The van der Waals surface area contributed by atoms with E-state index in [-0.39, 0.29) is 6.61 Å². The molecule has 2 aromatic heterocycles. The molecule has 2 aromatic rings. The Bertz CT molecular complexity index is 858. The Labute approximate surface area is 175 Å². The SMILES string of the molecule is C/C=C(/C)c1nc(-c2ccc(C(C)C)nc2NC)c(C)nc1C[C@@H](CC)CCO. The second-order valence-electron chi connectivity index (χ2n) is 7.95. The molecule has 0 aromatic carbocycles. The van der Waals surface area contributed by atoms with Crippen LogP contribution >= 0.6 is 0 Å². The van der Waals surface area contributed by atoms with E-state index < -0.39 is 0 Å². The minimum Gasteiger partial charge on any atom is -0.396 e. The maximum Gasteiger partial charge on any atom is 0.135 e. The van der Waals surface area contributed by atoms with E-state index in [0.717, 1.165) is 64.7 Å². The summed E-state index contributed by atoms with van der Waals surface area (Å²) >= 11 is 0. The number of nitrogens with one attached hydrogen (secondary N) is 1. The zero-order valence-electron chi connectivity index (χ0n) is 19.0. The van der Waals surface area contributed by atoms with Gasteiger partial charge in [0.05, 0.1) is 22.8 Å². The van der Waals surface area contributed by atoms with Gasteiger partial charge in [0.2, 0.25) is 0 Å². The molecule has 0 saturated carbocycles. The number of aliphatic hydroxyl groups excluding tert-OH is 1. The van der Waals surface area contributed by atoms with Gasteiger partial charge in [0.1, 0.15) is 5.82 Å². The van der Waals surface area contributed by atoms with Gasteiger partial charge in [-0.15, -0.1) is 0 Å². The van der Waals surface area contributed by atoms with Crippen LogP contribution in [0.3, 0.4) is 0 Å². The van der Waals surface area contributed by atoms with E-state index in [0.29, 0.717) is 11.8 Å². The Morgan fingerprint density at radius 2 is 1.93 bits per heavy atom. The van der Waals surface area contributed by atoms with Gasteiger partial charge in [-0.2, -0.15) is 0 Å². The van der Waals surface area contributed by atoms with Crippen molar-refractivity contribution in [1.82, 2.24) is 15.0 Å². The van der Waals surface area contributed by atoms with Crippen LogP contribution in [0.5, 0.6) is 0 Å². The highest BCUT2D eigenvalue weighted by molar-refractivity contribution is 5.76. The third-order valence-corrected chi connectivity index (χ3v) is 5.55. The number of anilines is 1. The minimum absolute atomic E-state index is 0.209. The molecule has 2 heterocycles. The van der Waals surface area contributed by atoms with Gasteiger partial charge in [-0.25, -0.2) is 9.97 Å². The van der Waals surface area contributed by atoms with Crippen molar-refractivity contribution >= 4 is 11.4 Å². The van der Waals surface area contributed by atoms with Crippen LogP contribution in [-0.2, 0) is 6.42 Å². The van der Waals surface area contributed by atoms with E-state index in [9.17, 15) is 5.11 Å². The topological polar surface area (TPSA) is 70.9 Å². The Morgan fingerprint density at radius 1 is 1.21 bits per heavy atom. The fraction of sp³-hybridized carbons (Fsp3) is 0.542. The van der Waals surface area contributed by atoms with Gasteiger partial charge >= 0.3 is 0 Å². The van der Waals surface area contributed by atoms with Crippen molar-refractivity contribution in [1.29, 1.82) is 0 Å². The highest BCUT2D eigenvalue weighted by Crippen LogP contribution is 2.31. The molecule has 1 atom stereocenters. The van der Waals surface area contributed by atoms with E-state index in [1.807, 2.05) is 20.9 Å². The van der Waals surface area contributed by atoms with Crippen LogP contribution < -0.4 is 5.32 Å². The van der Waals surface area contributed by atoms with Gasteiger partial charge in [-0.1, -0.05) is 33.3 Å². The van der Waals surface area contributed by atoms with Gasteiger partial charge in [-0.3, -0.25) is 4.98 Å². The molecule has 0 radical (unpaired) electrons. The standard InChI is InChI=1S/C24H36N4O/c1-8-16(5)22-21(14-18(9-2)12-13-29)26-17(6)23(28-22)19-10-11-20(15(3)4)27-24(19)25-7/h8,10-11,15,18,29H,9,12-14H2,1-7H3,(H,25,27)/b16-8-/t18-/m0/s1. The monoisotopic (exact) mass is 396 g/mol. The molecule has 0 unspecified atom stereocenters. The van der Waals surface area contributed by atoms with Gasteiger partial charge in [0, 0.05) is 24.9 Å². The van der Waals surface area contributed by atoms with E-state index in [1.165, 1.54) is 0 Å². The zero-order valence-corrected chi connectivity index (χ0v) is 19.0. The van der Waals surface area contributed by atoms with Gasteiger partial charge < -0.3 is 10.4 Å². The van der Waals surface area contributed by atoms with Crippen molar-refractivity contribution in [3.63, 3.8) is 0 Å². The molecule has 0 aliphatic carbocycles. The van der Waals surface area contributed by atoms with Crippen LogP contribution in [-0.4, -0.2) is 33.7 Å². The predicted octanol–water partition coefficient (Wildman–Crippen LogP) is 5.39. The summed E-state index contributed by atoms with van der Waals surface area (Å²) in [5.74, 6) is 1.60. The molecule has 0 fully saturated rings. The molecule has 0 saturated heterocycles. The van der Waals surface area contributed by atoms with Crippen molar-refractivity contribution in [3.8, 4) is 11.3 Å². The molecule has 29 heavy (non-hydrogen) atoms. The summed E-state index contributed by atoms with van der Waals surface area (Å²) in [6.45, 7) is 12.8. The van der Waals surface area contributed by atoms with Gasteiger partial charge in [0.25, 0.3) is 0 Å². The first-order chi connectivity index (χ1) is 13.9. The lowest BCUT2D eigenvalue weighted by Gasteiger charge is -2.19. The molecule has 0 amide bonds. The molecule has 0 bridgehead atoms. The van der Waals surface area contributed by atoms with Crippen molar-refractivity contribution in [2.75, 3.05) is 19.0 Å². The first-order valence-electron chi connectivity index (χ1n) is 10.7. The number of aryl methyl sites for hydroxylation is 1. The largest absolute Gasteiger partial charge is 0.396 e. The second kappa shape index (κ2) is 10.5. The van der Waals surface area contributed by atoms with Crippen LogP contribution in [0.2, 0.25) is 0 Å². The number of hydrogen-bond donors (Lipinski definition) is 2. The quantitative estimate of drug-likeness (QED) is 0.595. The predicted molar refractivity (Wildman–Crippen MR) is 122 cm³/mol. The summed E-state index contributed by atoms with van der Waals surface area (Å²) < 4.78 is 0. The lowest BCUT2D eigenvalue weighted by molar-refractivity contribution is 0.253. The van der Waals surface area contributed by atoms with Crippen LogP contribution in [0.25, 0.3) is 16.8 Å². The fourth-order valence-electron chi connectivity index (χ4n) is 3.50. The van der Waals surface area contributed by atoms with E-state index in [2.05, 4.69) is 51.2 Å². The number of aromatic nitrogens is 3. The third-order valence-electron chi connectivity index (χ3n) is 5.55. The molecule has 2 rings (SSSR count). The van der Waals surface area contributed by atoms with Crippen molar-refractivity contribution in [3.05, 3.63) is 41.0 Å². The Kier molecular flexibility index (Phi) is 8.32. The second-order valence-corrected chi connectivity index (χ2v) is 7.95. The normalized spacial score (nSPS) is 13.1. The molecule has 2 N–H and O–H groups in total. The zero-order chi connectivity index (χ0) is 21.6. The number of pyridine rings is 1. The molecule has 0 aliphatic rings. The van der Waals surface area contributed by atoms with Gasteiger partial charge in [0.15, 0.2) is 0 Å². The molecular weight excluding hydrogens is 360 g/mol. The Hall–Kier alpha value is -2.27. The van der Waals surface area contributed by atoms with E-state index in [1.54, 1.807) is 0 Å². The highest BCUT2D eigenvalue weighted by atomic mass is 16.3. The molecule has 0 aliphatic heterocycles. The van der Waals surface area contributed by atoms with E-state index >= 15 is 0 Å². The van der Waals surface area contributed by atoms with Gasteiger partial charge in [-0.05, 0) is 63.2 Å². The number of rotatable bonds is 9. The molecular formula is C24H36N4O. The summed E-state index contributed by atoms with van der Waals surface area (Å²) in [6.07, 6.45) is 4.72. The molecule has 5 nitrogen and oxygen atoms in total.